The first-order valence-corrected chi connectivity index (χ1v) is 10.5. The van der Waals surface area contributed by atoms with Gasteiger partial charge in [0.15, 0.2) is 0 Å². The molecule has 3 aromatic rings. The van der Waals surface area contributed by atoms with Gasteiger partial charge in [-0.2, -0.15) is 5.21 Å². The molecule has 0 aliphatic heterocycles. The monoisotopic (exact) mass is 433 g/mol. The van der Waals surface area contributed by atoms with Gasteiger partial charge in [-0.1, -0.05) is 68.5 Å². The number of rotatable bonds is 10. The van der Waals surface area contributed by atoms with E-state index >= 15 is 0 Å². The van der Waals surface area contributed by atoms with Crippen molar-refractivity contribution in [2.24, 2.45) is 5.92 Å². The fourth-order valence-electron chi connectivity index (χ4n) is 3.68. The maximum absolute atomic E-state index is 12.8. The predicted molar refractivity (Wildman–Crippen MR) is 121 cm³/mol. The average molecular weight is 434 g/mol. The highest BCUT2D eigenvalue weighted by molar-refractivity contribution is 5.84. The Hall–Kier alpha value is -3.81. The molecule has 0 saturated heterocycles. The Labute approximate surface area is 187 Å². The zero-order valence-electron chi connectivity index (χ0n) is 18.2. The minimum Gasteiger partial charge on any atom is -0.480 e. The molecule has 0 spiro atoms. The van der Waals surface area contributed by atoms with Gasteiger partial charge < -0.3 is 10.0 Å². The number of aromatic nitrogens is 4. The summed E-state index contributed by atoms with van der Waals surface area (Å²) >= 11 is 0. The molecule has 2 N–H and O–H groups in total. The van der Waals surface area contributed by atoms with Crippen LogP contribution in [0.3, 0.4) is 0 Å². The molecule has 1 atom stereocenters. The minimum atomic E-state index is -1.00. The topological polar surface area (TPSA) is 112 Å². The zero-order chi connectivity index (χ0) is 23.1. The summed E-state index contributed by atoms with van der Waals surface area (Å²) < 4.78 is 0. The first kappa shape index (κ1) is 22.9. The van der Waals surface area contributed by atoms with Crippen molar-refractivity contribution in [2.75, 3.05) is 0 Å². The van der Waals surface area contributed by atoms with E-state index in [4.69, 9.17) is 0 Å². The van der Waals surface area contributed by atoms with E-state index in [-0.39, 0.29) is 24.8 Å². The van der Waals surface area contributed by atoms with Gasteiger partial charge in [0.25, 0.3) is 0 Å². The maximum atomic E-state index is 12.8. The second kappa shape index (κ2) is 10.5. The number of aliphatic carboxylic acids is 1. The number of carbonyl (C=O) groups is 2. The Kier molecular flexibility index (Phi) is 7.49. The molecule has 0 saturated carbocycles. The van der Waals surface area contributed by atoms with Crippen LogP contribution >= 0.6 is 0 Å². The summed E-state index contributed by atoms with van der Waals surface area (Å²) in [6.45, 7) is 7.49. The summed E-state index contributed by atoms with van der Waals surface area (Å²) in [6.07, 6.45) is 2.40. The van der Waals surface area contributed by atoms with E-state index < -0.39 is 12.0 Å². The molecule has 1 heterocycles. The Balaban J connectivity index is 1.88. The van der Waals surface area contributed by atoms with Gasteiger partial charge in [0.2, 0.25) is 11.7 Å². The van der Waals surface area contributed by atoms with Crippen molar-refractivity contribution in [3.63, 3.8) is 0 Å². The van der Waals surface area contributed by atoms with Gasteiger partial charge in [0.05, 0.1) is 0 Å². The van der Waals surface area contributed by atoms with Crippen molar-refractivity contribution in [3.05, 3.63) is 66.7 Å². The van der Waals surface area contributed by atoms with Crippen molar-refractivity contribution in [1.29, 1.82) is 0 Å². The molecule has 166 valence electrons. The van der Waals surface area contributed by atoms with Gasteiger partial charge in [0.1, 0.15) is 6.04 Å². The van der Waals surface area contributed by atoms with Crippen LogP contribution in [0.5, 0.6) is 0 Å². The first-order valence-electron chi connectivity index (χ1n) is 10.5. The number of carboxylic acid groups (broad SMARTS) is 1. The summed E-state index contributed by atoms with van der Waals surface area (Å²) in [5.41, 5.74) is 3.60. The minimum absolute atomic E-state index is 0.197. The summed E-state index contributed by atoms with van der Waals surface area (Å²) in [5.74, 6) is -0.915. The molecule has 3 rings (SSSR count). The SMILES string of the molecule is C=CCCC(=O)N(Cc1ccc(-c2ccccc2-c2nn[nH]n2)cc1)C(C(=O)O)C(C)C. The van der Waals surface area contributed by atoms with E-state index in [2.05, 4.69) is 27.2 Å². The van der Waals surface area contributed by atoms with Gasteiger partial charge in [0, 0.05) is 18.5 Å². The number of benzene rings is 2. The number of hydrogen-bond donors (Lipinski definition) is 2. The van der Waals surface area contributed by atoms with Crippen LogP contribution in [0.4, 0.5) is 0 Å². The van der Waals surface area contributed by atoms with Crippen LogP contribution in [0.1, 0.15) is 32.3 Å². The fourth-order valence-corrected chi connectivity index (χ4v) is 3.68. The molecule has 0 aliphatic rings. The number of tetrazole rings is 1. The van der Waals surface area contributed by atoms with Crippen LogP contribution in [-0.4, -0.2) is 48.5 Å². The number of carbonyl (C=O) groups excluding carboxylic acids is 1. The van der Waals surface area contributed by atoms with Crippen LogP contribution in [0.15, 0.2) is 61.2 Å². The molecular formula is C24H27N5O3. The third-order valence-electron chi connectivity index (χ3n) is 5.23. The Bertz CT molecular complexity index is 1060. The van der Waals surface area contributed by atoms with Crippen molar-refractivity contribution < 1.29 is 14.7 Å². The largest absolute Gasteiger partial charge is 0.480 e. The van der Waals surface area contributed by atoms with Crippen molar-refractivity contribution in [3.8, 4) is 22.5 Å². The van der Waals surface area contributed by atoms with Gasteiger partial charge in [-0.25, -0.2) is 4.79 Å². The lowest BCUT2D eigenvalue weighted by Gasteiger charge is -2.31. The Morgan fingerprint density at radius 1 is 1.12 bits per heavy atom. The van der Waals surface area contributed by atoms with E-state index in [0.717, 1.165) is 22.3 Å². The molecule has 0 radical (unpaired) electrons. The second-order valence-electron chi connectivity index (χ2n) is 7.85. The highest BCUT2D eigenvalue weighted by Gasteiger charge is 2.32. The number of nitrogens with one attached hydrogen (secondary N) is 1. The Morgan fingerprint density at radius 3 is 2.38 bits per heavy atom. The number of allylic oxidation sites excluding steroid dienone is 1. The molecule has 32 heavy (non-hydrogen) atoms. The first-order chi connectivity index (χ1) is 15.4. The lowest BCUT2D eigenvalue weighted by Crippen LogP contribution is -2.47. The quantitative estimate of drug-likeness (QED) is 0.469. The summed E-state index contributed by atoms with van der Waals surface area (Å²) in [5, 5.41) is 24.0. The van der Waals surface area contributed by atoms with E-state index in [1.807, 2.05) is 62.4 Å². The Morgan fingerprint density at radius 2 is 1.81 bits per heavy atom. The highest BCUT2D eigenvalue weighted by atomic mass is 16.4. The number of amides is 1. The standard InChI is InChI=1S/C24H27N5O3/c1-4-5-10-21(30)29(22(16(2)3)24(31)32)15-17-11-13-18(14-12-17)19-8-6-7-9-20(19)23-25-27-28-26-23/h4,6-9,11-14,16,22H,1,5,10,15H2,2-3H3,(H,31,32)(H,25,26,27,28). The van der Waals surface area contributed by atoms with Crippen LogP contribution in [-0.2, 0) is 16.1 Å². The maximum Gasteiger partial charge on any atom is 0.326 e. The summed E-state index contributed by atoms with van der Waals surface area (Å²) in [7, 11) is 0. The van der Waals surface area contributed by atoms with Crippen LogP contribution in [0.2, 0.25) is 0 Å². The lowest BCUT2D eigenvalue weighted by molar-refractivity contribution is -0.152. The summed E-state index contributed by atoms with van der Waals surface area (Å²) in [6, 6.07) is 14.6. The van der Waals surface area contributed by atoms with E-state index in [1.54, 1.807) is 6.08 Å². The highest BCUT2D eigenvalue weighted by Crippen LogP contribution is 2.30. The normalized spacial score (nSPS) is 11.8. The third kappa shape index (κ3) is 5.26. The van der Waals surface area contributed by atoms with E-state index in [1.165, 1.54) is 4.90 Å². The van der Waals surface area contributed by atoms with Gasteiger partial charge in [-0.15, -0.1) is 16.8 Å². The van der Waals surface area contributed by atoms with E-state index in [0.29, 0.717) is 12.2 Å². The number of aromatic amines is 1. The molecule has 1 aromatic heterocycles. The predicted octanol–water partition coefficient (Wildman–Crippen LogP) is 3.94. The number of carboxylic acids is 1. The van der Waals surface area contributed by atoms with E-state index in [9.17, 15) is 14.7 Å². The van der Waals surface area contributed by atoms with Crippen LogP contribution in [0.25, 0.3) is 22.5 Å². The lowest BCUT2D eigenvalue weighted by atomic mass is 9.97. The average Bonchev–Trinajstić information content (AvgIpc) is 3.32. The molecule has 8 heteroatoms. The zero-order valence-corrected chi connectivity index (χ0v) is 18.2. The smallest absolute Gasteiger partial charge is 0.326 e. The van der Waals surface area contributed by atoms with Crippen molar-refractivity contribution in [1.82, 2.24) is 25.5 Å². The van der Waals surface area contributed by atoms with Gasteiger partial charge in [-0.3, -0.25) is 4.79 Å². The molecule has 0 bridgehead atoms. The molecule has 2 aromatic carbocycles. The van der Waals surface area contributed by atoms with Crippen molar-refractivity contribution in [2.45, 2.75) is 39.3 Å². The molecule has 1 unspecified atom stereocenters. The molecule has 8 nitrogen and oxygen atoms in total. The van der Waals surface area contributed by atoms with Crippen LogP contribution < -0.4 is 0 Å². The van der Waals surface area contributed by atoms with Gasteiger partial charge >= 0.3 is 5.97 Å². The molecule has 0 fully saturated rings. The number of hydrogen-bond acceptors (Lipinski definition) is 5. The van der Waals surface area contributed by atoms with Crippen molar-refractivity contribution >= 4 is 11.9 Å². The fraction of sp³-hybridized carbons (Fsp3) is 0.292. The molecule has 0 aliphatic carbocycles. The van der Waals surface area contributed by atoms with Gasteiger partial charge in [-0.05, 0) is 34.2 Å². The van der Waals surface area contributed by atoms with Crippen LogP contribution in [0, 0.1) is 5.92 Å². The molecule has 1 amide bonds. The summed E-state index contributed by atoms with van der Waals surface area (Å²) in [4.78, 5) is 26.2. The third-order valence-corrected chi connectivity index (χ3v) is 5.23. The number of nitrogens with zero attached hydrogens (tertiary/aromatic N) is 4. The number of H-pyrrole nitrogens is 1. The second-order valence-corrected chi connectivity index (χ2v) is 7.85. The molecular weight excluding hydrogens is 406 g/mol.